The fraction of sp³-hybridized carbons (Fsp3) is 0.500. The maximum absolute atomic E-state index is 12.5. The molecule has 7 heteroatoms. The number of nitrogens with one attached hydrogen (secondary N) is 1. The normalized spacial score (nSPS) is 27.0. The molecule has 3 atom stereocenters. The number of nitrogens with zero attached hydrogens (tertiary/aromatic N) is 1. The average molecular weight is 358 g/mol. The van der Waals surface area contributed by atoms with Crippen LogP contribution in [0.5, 0.6) is 0 Å². The minimum atomic E-state index is -0.431. The number of hydrogen-bond acceptors (Lipinski definition) is 3. The predicted molar refractivity (Wildman–Crippen MR) is 92.9 cm³/mol. The van der Waals surface area contributed by atoms with Crippen LogP contribution in [-0.4, -0.2) is 30.4 Å². The second kappa shape index (κ2) is 7.51. The maximum atomic E-state index is 12.5. The van der Waals surface area contributed by atoms with Crippen molar-refractivity contribution in [3.63, 3.8) is 0 Å². The summed E-state index contributed by atoms with van der Waals surface area (Å²) in [4.78, 5) is 26.4. The van der Waals surface area contributed by atoms with Gasteiger partial charge in [-0.25, -0.2) is 0 Å². The number of hydrogen-bond donors (Lipinski definition) is 2. The molecule has 3 N–H and O–H groups in total. The minimum absolute atomic E-state index is 0. The van der Waals surface area contributed by atoms with Gasteiger partial charge >= 0.3 is 0 Å². The van der Waals surface area contributed by atoms with Gasteiger partial charge in [0.2, 0.25) is 11.8 Å². The molecule has 23 heavy (non-hydrogen) atoms. The summed E-state index contributed by atoms with van der Waals surface area (Å²) < 4.78 is 0. The van der Waals surface area contributed by atoms with Gasteiger partial charge in [-0.15, -0.1) is 12.4 Å². The topological polar surface area (TPSA) is 75.4 Å². The summed E-state index contributed by atoms with van der Waals surface area (Å²) in [5.74, 6) is -0.144. The molecule has 0 radical (unpaired) electrons. The summed E-state index contributed by atoms with van der Waals surface area (Å²) in [5, 5.41) is 3.53. The third-order valence-electron chi connectivity index (χ3n) is 4.50. The molecular formula is C16H21Cl2N3O2. The molecule has 2 fully saturated rings. The van der Waals surface area contributed by atoms with Gasteiger partial charge in [0.15, 0.2) is 0 Å². The van der Waals surface area contributed by atoms with Gasteiger partial charge in [0, 0.05) is 29.2 Å². The van der Waals surface area contributed by atoms with Gasteiger partial charge in [0.05, 0.1) is 0 Å². The smallest absolute Gasteiger partial charge is 0.249 e. The van der Waals surface area contributed by atoms with Crippen molar-refractivity contribution in [3.8, 4) is 0 Å². The van der Waals surface area contributed by atoms with Crippen LogP contribution in [0, 0.1) is 5.92 Å². The van der Waals surface area contributed by atoms with E-state index < -0.39 is 6.04 Å². The van der Waals surface area contributed by atoms with E-state index >= 15 is 0 Å². The Morgan fingerprint density at radius 2 is 1.91 bits per heavy atom. The SMILES string of the molecule is Cl.NC1CCC(C(=O)NC2CCN(c3ccc(Cl)cc3)C2=O)C1. The molecule has 2 amide bonds. The average Bonchev–Trinajstić information content (AvgIpc) is 3.08. The number of nitrogens with two attached hydrogens (primary N) is 1. The van der Waals surface area contributed by atoms with E-state index in [1.807, 2.05) is 12.1 Å². The van der Waals surface area contributed by atoms with E-state index in [1.54, 1.807) is 17.0 Å². The van der Waals surface area contributed by atoms with Gasteiger partial charge in [-0.1, -0.05) is 11.6 Å². The standard InChI is InChI=1S/C16H20ClN3O2.ClH/c17-11-2-5-13(6-3-11)20-8-7-14(16(20)22)19-15(21)10-1-4-12(18)9-10;/h2-3,5-6,10,12,14H,1,4,7-9,18H2,(H,19,21);1H. The fourth-order valence-corrected chi connectivity index (χ4v) is 3.36. The molecule has 3 rings (SSSR count). The van der Waals surface area contributed by atoms with Crippen molar-refractivity contribution >= 4 is 41.5 Å². The summed E-state index contributed by atoms with van der Waals surface area (Å²) in [6, 6.07) is 6.84. The Hall–Kier alpha value is -1.30. The largest absolute Gasteiger partial charge is 0.344 e. The van der Waals surface area contributed by atoms with Gasteiger partial charge in [0.25, 0.3) is 0 Å². The lowest BCUT2D eigenvalue weighted by Gasteiger charge is -2.18. The van der Waals surface area contributed by atoms with Crippen LogP contribution in [0.1, 0.15) is 25.7 Å². The molecule has 0 bridgehead atoms. The minimum Gasteiger partial charge on any atom is -0.344 e. The molecule has 1 aliphatic carbocycles. The molecule has 1 aromatic rings. The van der Waals surface area contributed by atoms with E-state index in [-0.39, 0.29) is 36.2 Å². The lowest BCUT2D eigenvalue weighted by molar-refractivity contribution is -0.129. The van der Waals surface area contributed by atoms with Crippen LogP contribution in [0.3, 0.4) is 0 Å². The highest BCUT2D eigenvalue weighted by molar-refractivity contribution is 6.30. The van der Waals surface area contributed by atoms with Gasteiger partial charge in [-0.05, 0) is 49.9 Å². The summed E-state index contributed by atoms with van der Waals surface area (Å²) >= 11 is 5.87. The predicted octanol–water partition coefficient (Wildman–Crippen LogP) is 2.11. The second-order valence-electron chi connectivity index (χ2n) is 6.09. The Bertz CT molecular complexity index is 579. The molecule has 3 unspecified atom stereocenters. The van der Waals surface area contributed by atoms with E-state index in [0.717, 1.165) is 18.5 Å². The van der Waals surface area contributed by atoms with E-state index in [1.165, 1.54) is 0 Å². The van der Waals surface area contributed by atoms with Gasteiger partial charge in [0.1, 0.15) is 6.04 Å². The van der Waals surface area contributed by atoms with Crippen LogP contribution in [0.15, 0.2) is 24.3 Å². The number of carbonyl (C=O) groups is 2. The monoisotopic (exact) mass is 357 g/mol. The van der Waals surface area contributed by atoms with Crippen LogP contribution >= 0.6 is 24.0 Å². The number of benzene rings is 1. The Morgan fingerprint density at radius 1 is 1.22 bits per heavy atom. The van der Waals surface area contributed by atoms with Crippen molar-refractivity contribution in [1.29, 1.82) is 0 Å². The van der Waals surface area contributed by atoms with Crippen molar-refractivity contribution in [2.75, 3.05) is 11.4 Å². The zero-order chi connectivity index (χ0) is 15.7. The Morgan fingerprint density at radius 3 is 2.52 bits per heavy atom. The third kappa shape index (κ3) is 3.97. The lowest BCUT2D eigenvalue weighted by Crippen LogP contribution is -2.43. The zero-order valence-corrected chi connectivity index (χ0v) is 14.3. The molecule has 1 saturated heterocycles. The molecule has 0 spiro atoms. The van der Waals surface area contributed by atoms with Gasteiger partial charge in [-0.3, -0.25) is 9.59 Å². The molecule has 1 saturated carbocycles. The van der Waals surface area contributed by atoms with Crippen molar-refractivity contribution < 1.29 is 9.59 Å². The van der Waals surface area contributed by atoms with Crippen molar-refractivity contribution in [2.45, 2.75) is 37.8 Å². The Kier molecular flexibility index (Phi) is 5.89. The first-order valence-corrected chi connectivity index (χ1v) is 8.05. The first kappa shape index (κ1) is 18.0. The second-order valence-corrected chi connectivity index (χ2v) is 6.52. The van der Waals surface area contributed by atoms with E-state index in [4.69, 9.17) is 17.3 Å². The highest BCUT2D eigenvalue weighted by Crippen LogP contribution is 2.26. The number of anilines is 1. The van der Waals surface area contributed by atoms with Crippen LogP contribution in [0.4, 0.5) is 5.69 Å². The van der Waals surface area contributed by atoms with E-state index in [2.05, 4.69) is 5.32 Å². The molecule has 1 aliphatic heterocycles. The van der Waals surface area contributed by atoms with Crippen LogP contribution < -0.4 is 16.0 Å². The molecular weight excluding hydrogens is 337 g/mol. The van der Waals surface area contributed by atoms with E-state index in [0.29, 0.717) is 24.4 Å². The summed E-state index contributed by atoms with van der Waals surface area (Å²) in [6.45, 7) is 0.607. The highest BCUT2D eigenvalue weighted by atomic mass is 35.5. The number of amides is 2. The maximum Gasteiger partial charge on any atom is 0.249 e. The molecule has 1 aromatic carbocycles. The van der Waals surface area contributed by atoms with Gasteiger partial charge in [-0.2, -0.15) is 0 Å². The molecule has 0 aromatic heterocycles. The number of carbonyl (C=O) groups excluding carboxylic acids is 2. The summed E-state index contributed by atoms with van der Waals surface area (Å²) in [6.07, 6.45) is 3.04. The van der Waals surface area contributed by atoms with Crippen LogP contribution in [-0.2, 0) is 9.59 Å². The van der Waals surface area contributed by atoms with Crippen LogP contribution in [0.2, 0.25) is 5.02 Å². The van der Waals surface area contributed by atoms with Crippen molar-refractivity contribution in [2.24, 2.45) is 11.7 Å². The molecule has 126 valence electrons. The number of halogens is 2. The highest BCUT2D eigenvalue weighted by Gasteiger charge is 2.36. The third-order valence-corrected chi connectivity index (χ3v) is 4.76. The Balaban J connectivity index is 0.00000192. The molecule has 5 nitrogen and oxygen atoms in total. The summed E-state index contributed by atoms with van der Waals surface area (Å²) in [7, 11) is 0. The van der Waals surface area contributed by atoms with Crippen LogP contribution in [0.25, 0.3) is 0 Å². The quantitative estimate of drug-likeness (QED) is 0.869. The van der Waals surface area contributed by atoms with Crippen molar-refractivity contribution in [3.05, 3.63) is 29.3 Å². The summed E-state index contributed by atoms with van der Waals surface area (Å²) in [5.41, 5.74) is 6.66. The first-order chi connectivity index (χ1) is 10.5. The lowest BCUT2D eigenvalue weighted by atomic mass is 10.1. The van der Waals surface area contributed by atoms with Crippen molar-refractivity contribution in [1.82, 2.24) is 5.32 Å². The Labute approximate surface area is 146 Å². The number of rotatable bonds is 3. The zero-order valence-electron chi connectivity index (χ0n) is 12.7. The van der Waals surface area contributed by atoms with Gasteiger partial charge < -0.3 is 16.0 Å². The van der Waals surface area contributed by atoms with E-state index in [9.17, 15) is 9.59 Å². The molecule has 2 aliphatic rings. The first-order valence-electron chi connectivity index (χ1n) is 7.67. The molecule has 1 heterocycles. The fourth-order valence-electron chi connectivity index (χ4n) is 3.24.